The first-order valence-corrected chi connectivity index (χ1v) is 8.66. The van der Waals surface area contributed by atoms with E-state index in [1.807, 2.05) is 19.1 Å². The Balaban J connectivity index is 2.52. The molecule has 0 aliphatic carbocycles. The van der Waals surface area contributed by atoms with Crippen molar-refractivity contribution in [2.75, 3.05) is 12.3 Å². The van der Waals surface area contributed by atoms with Gasteiger partial charge < -0.3 is 5.32 Å². The van der Waals surface area contributed by atoms with E-state index in [1.54, 1.807) is 6.07 Å². The number of benzene rings is 1. The van der Waals surface area contributed by atoms with Crippen LogP contribution in [0.25, 0.3) is 0 Å². The number of nitrogens with one attached hydrogen (secondary N) is 1. The van der Waals surface area contributed by atoms with Gasteiger partial charge in [0.1, 0.15) is 0 Å². The standard InChI is InChI=1S/C13H18BrNO2S/c1-3-7-15-12-9(2)8-18(16,17)13-10(12)5-4-6-11(13)14/h4-6,9,12,15H,3,7-8H2,1-2H3. The molecule has 1 heterocycles. The average Bonchev–Trinajstić information content (AvgIpc) is 2.27. The van der Waals surface area contributed by atoms with Crippen LogP contribution in [0.5, 0.6) is 0 Å². The lowest BCUT2D eigenvalue weighted by Gasteiger charge is -2.32. The van der Waals surface area contributed by atoms with Gasteiger partial charge >= 0.3 is 0 Å². The molecule has 1 N–H and O–H groups in total. The topological polar surface area (TPSA) is 46.2 Å². The zero-order valence-electron chi connectivity index (χ0n) is 10.6. The van der Waals surface area contributed by atoms with Crippen LogP contribution in [0.15, 0.2) is 27.6 Å². The molecule has 2 unspecified atom stereocenters. The Kier molecular flexibility index (Phi) is 4.14. The number of rotatable bonds is 3. The first kappa shape index (κ1) is 14.0. The number of sulfone groups is 1. The maximum atomic E-state index is 12.3. The Morgan fingerprint density at radius 1 is 1.44 bits per heavy atom. The quantitative estimate of drug-likeness (QED) is 0.926. The molecule has 0 bridgehead atoms. The van der Waals surface area contributed by atoms with E-state index in [4.69, 9.17) is 0 Å². The molecule has 1 aromatic carbocycles. The predicted molar refractivity (Wildman–Crippen MR) is 76.4 cm³/mol. The molecule has 0 saturated heterocycles. The van der Waals surface area contributed by atoms with Gasteiger partial charge in [0.15, 0.2) is 9.84 Å². The molecule has 1 aliphatic rings. The first-order chi connectivity index (χ1) is 8.47. The van der Waals surface area contributed by atoms with Crippen molar-refractivity contribution >= 4 is 25.8 Å². The van der Waals surface area contributed by atoms with Crippen molar-refractivity contribution in [1.29, 1.82) is 0 Å². The van der Waals surface area contributed by atoms with Gasteiger partial charge in [-0.05, 0) is 46.4 Å². The molecular formula is C13H18BrNO2S. The van der Waals surface area contributed by atoms with Crippen LogP contribution in [0.2, 0.25) is 0 Å². The highest BCUT2D eigenvalue weighted by Gasteiger charge is 2.36. The Hall–Kier alpha value is -0.390. The van der Waals surface area contributed by atoms with Crippen LogP contribution in [-0.4, -0.2) is 20.7 Å². The smallest absolute Gasteiger partial charge is 0.180 e. The molecule has 0 spiro atoms. The highest BCUT2D eigenvalue weighted by atomic mass is 79.9. The minimum Gasteiger partial charge on any atom is -0.310 e. The summed E-state index contributed by atoms with van der Waals surface area (Å²) in [4.78, 5) is 0.469. The van der Waals surface area contributed by atoms with Gasteiger partial charge in [-0.2, -0.15) is 0 Å². The van der Waals surface area contributed by atoms with Gasteiger partial charge in [-0.15, -0.1) is 0 Å². The molecule has 0 saturated carbocycles. The van der Waals surface area contributed by atoms with E-state index in [1.165, 1.54) is 0 Å². The number of hydrogen-bond acceptors (Lipinski definition) is 3. The van der Waals surface area contributed by atoms with Gasteiger partial charge in [-0.1, -0.05) is 26.0 Å². The van der Waals surface area contributed by atoms with Crippen molar-refractivity contribution in [2.24, 2.45) is 5.92 Å². The third-order valence-corrected chi connectivity index (χ3v) is 6.27. The van der Waals surface area contributed by atoms with Crippen LogP contribution in [0.1, 0.15) is 31.9 Å². The first-order valence-electron chi connectivity index (χ1n) is 6.22. The van der Waals surface area contributed by atoms with E-state index in [-0.39, 0.29) is 17.7 Å². The molecule has 1 aliphatic heterocycles. The molecule has 5 heteroatoms. The van der Waals surface area contributed by atoms with Gasteiger partial charge in [0.2, 0.25) is 0 Å². The molecule has 3 nitrogen and oxygen atoms in total. The average molecular weight is 332 g/mol. The summed E-state index contributed by atoms with van der Waals surface area (Å²) in [6.45, 7) is 5.01. The Bertz CT molecular complexity index is 542. The van der Waals surface area contributed by atoms with Crippen molar-refractivity contribution < 1.29 is 8.42 Å². The Labute approximate surface area is 117 Å². The van der Waals surface area contributed by atoms with E-state index >= 15 is 0 Å². The molecule has 0 aromatic heterocycles. The molecule has 1 aromatic rings. The summed E-state index contributed by atoms with van der Waals surface area (Å²) in [6.07, 6.45) is 1.04. The summed E-state index contributed by atoms with van der Waals surface area (Å²) >= 11 is 3.37. The summed E-state index contributed by atoms with van der Waals surface area (Å²) < 4.78 is 25.2. The van der Waals surface area contributed by atoms with Crippen LogP contribution in [0, 0.1) is 5.92 Å². The fourth-order valence-corrected chi connectivity index (χ4v) is 5.63. The van der Waals surface area contributed by atoms with Crippen LogP contribution in [0.3, 0.4) is 0 Å². The second-order valence-electron chi connectivity index (χ2n) is 4.85. The van der Waals surface area contributed by atoms with Gasteiger partial charge in [0, 0.05) is 10.5 Å². The second-order valence-corrected chi connectivity index (χ2v) is 7.67. The summed E-state index contributed by atoms with van der Waals surface area (Å²) in [5.74, 6) is 0.313. The van der Waals surface area contributed by atoms with Gasteiger partial charge in [0.05, 0.1) is 10.6 Å². The van der Waals surface area contributed by atoms with E-state index in [0.717, 1.165) is 18.5 Å². The Morgan fingerprint density at radius 2 is 2.17 bits per heavy atom. The number of fused-ring (bicyclic) bond motifs is 1. The molecule has 0 fully saturated rings. The summed E-state index contributed by atoms with van der Waals surface area (Å²) in [7, 11) is -3.17. The zero-order valence-corrected chi connectivity index (χ0v) is 13.0. The third kappa shape index (κ3) is 2.49. The lowest BCUT2D eigenvalue weighted by molar-refractivity contribution is 0.395. The van der Waals surface area contributed by atoms with Gasteiger partial charge in [0.25, 0.3) is 0 Å². The monoisotopic (exact) mass is 331 g/mol. The maximum Gasteiger partial charge on any atom is 0.180 e. The molecule has 2 rings (SSSR count). The van der Waals surface area contributed by atoms with E-state index in [2.05, 4.69) is 28.2 Å². The largest absolute Gasteiger partial charge is 0.310 e. The van der Waals surface area contributed by atoms with E-state index < -0.39 is 9.84 Å². The van der Waals surface area contributed by atoms with Crippen molar-refractivity contribution in [2.45, 2.75) is 31.2 Å². The lowest BCUT2D eigenvalue weighted by Crippen LogP contribution is -2.36. The third-order valence-electron chi connectivity index (χ3n) is 3.31. The zero-order chi connectivity index (χ0) is 13.3. The van der Waals surface area contributed by atoms with Crippen LogP contribution >= 0.6 is 15.9 Å². The predicted octanol–water partition coefficient (Wildman–Crippen LogP) is 2.91. The second kappa shape index (κ2) is 5.31. The summed E-state index contributed by atoms with van der Waals surface area (Å²) in [6, 6.07) is 5.74. The van der Waals surface area contributed by atoms with Crippen molar-refractivity contribution in [3.63, 3.8) is 0 Å². The minimum atomic E-state index is -3.17. The van der Waals surface area contributed by atoms with Crippen molar-refractivity contribution in [3.05, 3.63) is 28.2 Å². The SMILES string of the molecule is CCCNC1c2cccc(Br)c2S(=O)(=O)CC1C. The molecule has 0 amide bonds. The van der Waals surface area contributed by atoms with Crippen LogP contribution in [-0.2, 0) is 9.84 Å². The van der Waals surface area contributed by atoms with E-state index in [9.17, 15) is 8.42 Å². The number of hydrogen-bond donors (Lipinski definition) is 1. The fourth-order valence-electron chi connectivity index (χ4n) is 2.54. The maximum absolute atomic E-state index is 12.3. The normalized spacial score (nSPS) is 25.7. The molecule has 0 radical (unpaired) electrons. The van der Waals surface area contributed by atoms with Crippen LogP contribution in [0.4, 0.5) is 0 Å². The van der Waals surface area contributed by atoms with Crippen molar-refractivity contribution in [3.8, 4) is 0 Å². The minimum absolute atomic E-state index is 0.100. The fraction of sp³-hybridized carbons (Fsp3) is 0.538. The van der Waals surface area contributed by atoms with Gasteiger partial charge in [-0.3, -0.25) is 0 Å². The van der Waals surface area contributed by atoms with Crippen molar-refractivity contribution in [1.82, 2.24) is 5.32 Å². The molecular weight excluding hydrogens is 314 g/mol. The summed E-state index contributed by atoms with van der Waals surface area (Å²) in [5, 5.41) is 3.46. The molecule has 18 heavy (non-hydrogen) atoms. The highest BCUT2D eigenvalue weighted by Crippen LogP contribution is 2.39. The van der Waals surface area contributed by atoms with E-state index in [0.29, 0.717) is 9.37 Å². The summed E-state index contributed by atoms with van der Waals surface area (Å²) in [5.41, 5.74) is 0.900. The highest BCUT2D eigenvalue weighted by molar-refractivity contribution is 9.10. The lowest BCUT2D eigenvalue weighted by atomic mass is 9.95. The molecule has 100 valence electrons. The van der Waals surface area contributed by atoms with Crippen LogP contribution < -0.4 is 5.32 Å². The number of halogens is 1. The molecule has 2 atom stereocenters. The Morgan fingerprint density at radius 3 is 2.83 bits per heavy atom. The van der Waals surface area contributed by atoms with Gasteiger partial charge in [-0.25, -0.2) is 8.42 Å².